The highest BCUT2D eigenvalue weighted by molar-refractivity contribution is 5.46. The highest BCUT2D eigenvalue weighted by atomic mass is 14.6. The van der Waals surface area contributed by atoms with E-state index in [9.17, 15) is 0 Å². The second-order valence-electron chi connectivity index (χ2n) is 7.80. The first-order chi connectivity index (χ1) is 9.78. The lowest BCUT2D eigenvalue weighted by atomic mass is 9.84. The van der Waals surface area contributed by atoms with Crippen LogP contribution in [0.4, 0.5) is 0 Å². The third-order valence-electron chi connectivity index (χ3n) is 6.52. The summed E-state index contributed by atoms with van der Waals surface area (Å²) in [6.07, 6.45) is 14.9. The van der Waals surface area contributed by atoms with Gasteiger partial charge in [0, 0.05) is 0 Å². The molecule has 0 amide bonds. The molecule has 0 heterocycles. The first-order valence-electron chi connectivity index (χ1n) is 8.88. The Kier molecular flexibility index (Phi) is 3.16. The van der Waals surface area contributed by atoms with Gasteiger partial charge in [0.25, 0.3) is 0 Å². The van der Waals surface area contributed by atoms with Gasteiger partial charge in [-0.25, -0.2) is 0 Å². The number of benzene rings is 1. The molecule has 0 radical (unpaired) electrons. The monoisotopic (exact) mass is 268 g/mol. The van der Waals surface area contributed by atoms with Crippen molar-refractivity contribution < 1.29 is 0 Å². The molecule has 0 aromatic heterocycles. The molecule has 2 unspecified atom stereocenters. The summed E-state index contributed by atoms with van der Waals surface area (Å²) in [4.78, 5) is 0. The van der Waals surface area contributed by atoms with Gasteiger partial charge in [0.05, 0.1) is 0 Å². The van der Waals surface area contributed by atoms with Crippen molar-refractivity contribution in [3.63, 3.8) is 0 Å². The number of aryl methyl sites for hydroxylation is 2. The molecule has 0 bridgehead atoms. The molecule has 0 aliphatic heterocycles. The molecule has 0 saturated heterocycles. The Balaban J connectivity index is 1.41. The van der Waals surface area contributed by atoms with E-state index in [4.69, 9.17) is 0 Å². The van der Waals surface area contributed by atoms with Crippen LogP contribution >= 0.6 is 0 Å². The van der Waals surface area contributed by atoms with Gasteiger partial charge in [-0.1, -0.05) is 62.3 Å². The van der Waals surface area contributed by atoms with Crippen molar-refractivity contribution in [1.82, 2.24) is 0 Å². The van der Waals surface area contributed by atoms with Gasteiger partial charge in [0.2, 0.25) is 0 Å². The minimum absolute atomic E-state index is 0.635. The van der Waals surface area contributed by atoms with Gasteiger partial charge >= 0.3 is 0 Å². The van der Waals surface area contributed by atoms with Gasteiger partial charge in [-0.05, 0) is 61.0 Å². The molecule has 0 nitrogen and oxygen atoms in total. The summed E-state index contributed by atoms with van der Waals surface area (Å²) in [5, 5.41) is 0. The average Bonchev–Trinajstić information content (AvgIpc) is 3.08. The van der Waals surface area contributed by atoms with Crippen LogP contribution in [0.3, 0.4) is 0 Å². The molecule has 1 aromatic carbocycles. The van der Waals surface area contributed by atoms with Crippen LogP contribution in [-0.4, -0.2) is 0 Å². The van der Waals surface area contributed by atoms with E-state index in [2.05, 4.69) is 25.1 Å². The number of hydrogen-bond donors (Lipinski definition) is 0. The molecule has 3 aliphatic carbocycles. The van der Waals surface area contributed by atoms with Crippen LogP contribution in [0.15, 0.2) is 18.2 Å². The zero-order chi connectivity index (χ0) is 13.6. The third-order valence-corrected chi connectivity index (χ3v) is 6.52. The van der Waals surface area contributed by atoms with Crippen LogP contribution in [0, 0.1) is 18.8 Å². The molecular formula is C20H28. The minimum atomic E-state index is 0.635. The summed E-state index contributed by atoms with van der Waals surface area (Å²) in [5.41, 5.74) is 5.50. The van der Waals surface area contributed by atoms with Crippen LogP contribution in [0.25, 0.3) is 0 Å². The van der Waals surface area contributed by atoms with Gasteiger partial charge < -0.3 is 0 Å². The van der Waals surface area contributed by atoms with Crippen LogP contribution in [0.1, 0.15) is 74.5 Å². The fourth-order valence-electron chi connectivity index (χ4n) is 5.17. The van der Waals surface area contributed by atoms with Gasteiger partial charge in [-0.15, -0.1) is 0 Å². The molecule has 4 rings (SSSR count). The van der Waals surface area contributed by atoms with E-state index in [-0.39, 0.29) is 0 Å². The van der Waals surface area contributed by atoms with E-state index < -0.39 is 0 Å². The lowest BCUT2D eigenvalue weighted by Gasteiger charge is -2.22. The Morgan fingerprint density at radius 3 is 2.80 bits per heavy atom. The Bertz CT molecular complexity index is 495. The lowest BCUT2D eigenvalue weighted by molar-refractivity contribution is 0.322. The quantitative estimate of drug-likeness (QED) is 0.673. The fourth-order valence-corrected chi connectivity index (χ4v) is 5.17. The maximum Gasteiger partial charge on any atom is -0.000950 e. The molecule has 1 aromatic rings. The van der Waals surface area contributed by atoms with Crippen LogP contribution in [-0.2, 0) is 11.8 Å². The first kappa shape index (κ1) is 12.9. The average molecular weight is 268 g/mol. The summed E-state index contributed by atoms with van der Waals surface area (Å²) in [6.45, 7) is 2.26. The Morgan fingerprint density at radius 1 is 1.10 bits per heavy atom. The van der Waals surface area contributed by atoms with Crippen molar-refractivity contribution in [2.24, 2.45) is 11.8 Å². The standard InChI is InChI=1S/C20H28/c1-15-7-9-17-11-12-20(19(17)13-15)14-18(20)10-8-16-5-3-2-4-6-16/h7,9,13,16,18H,2-6,8,10-12,14H2,1H3. The van der Waals surface area contributed by atoms with Gasteiger partial charge in [-0.3, -0.25) is 0 Å². The summed E-state index contributed by atoms with van der Waals surface area (Å²) < 4.78 is 0. The Hall–Kier alpha value is -0.780. The smallest absolute Gasteiger partial charge is 0.000950 e. The predicted octanol–water partition coefficient (Wildman–Crippen LogP) is 5.56. The van der Waals surface area contributed by atoms with E-state index in [1.54, 1.807) is 11.1 Å². The topological polar surface area (TPSA) is 0 Å². The summed E-state index contributed by atoms with van der Waals surface area (Å²) in [6, 6.07) is 7.20. The van der Waals surface area contributed by atoms with E-state index in [1.807, 2.05) is 0 Å². The highest BCUT2D eigenvalue weighted by Crippen LogP contribution is 2.63. The zero-order valence-electron chi connectivity index (χ0n) is 13.0. The second kappa shape index (κ2) is 4.90. The van der Waals surface area contributed by atoms with E-state index >= 15 is 0 Å². The fraction of sp³-hybridized carbons (Fsp3) is 0.700. The van der Waals surface area contributed by atoms with Crippen molar-refractivity contribution in [1.29, 1.82) is 0 Å². The lowest BCUT2D eigenvalue weighted by Crippen LogP contribution is -2.09. The summed E-state index contributed by atoms with van der Waals surface area (Å²) in [7, 11) is 0. The molecule has 2 atom stereocenters. The summed E-state index contributed by atoms with van der Waals surface area (Å²) in [5.74, 6) is 2.09. The van der Waals surface area contributed by atoms with E-state index in [1.165, 1.54) is 69.8 Å². The Morgan fingerprint density at radius 2 is 1.95 bits per heavy atom. The van der Waals surface area contributed by atoms with Crippen LogP contribution < -0.4 is 0 Å². The maximum atomic E-state index is 2.50. The summed E-state index contributed by atoms with van der Waals surface area (Å²) >= 11 is 0. The minimum Gasteiger partial charge on any atom is -0.0590 e. The SMILES string of the molecule is Cc1ccc2c(c1)C1(CC2)CC1CCC1CCCCC1. The van der Waals surface area contributed by atoms with Crippen molar-refractivity contribution >= 4 is 0 Å². The molecular weight excluding hydrogens is 240 g/mol. The molecule has 2 saturated carbocycles. The van der Waals surface area contributed by atoms with Crippen molar-refractivity contribution in [2.75, 3.05) is 0 Å². The maximum absolute atomic E-state index is 2.50. The zero-order valence-corrected chi connectivity index (χ0v) is 13.0. The molecule has 108 valence electrons. The molecule has 2 fully saturated rings. The molecule has 0 N–H and O–H groups in total. The van der Waals surface area contributed by atoms with Gasteiger partial charge in [0.15, 0.2) is 0 Å². The van der Waals surface area contributed by atoms with Crippen molar-refractivity contribution in [3.8, 4) is 0 Å². The van der Waals surface area contributed by atoms with Gasteiger partial charge in [-0.2, -0.15) is 0 Å². The van der Waals surface area contributed by atoms with Gasteiger partial charge in [0.1, 0.15) is 0 Å². The number of fused-ring (bicyclic) bond motifs is 2. The second-order valence-corrected chi connectivity index (χ2v) is 7.80. The van der Waals surface area contributed by atoms with Crippen molar-refractivity contribution in [2.45, 2.75) is 76.5 Å². The molecule has 20 heavy (non-hydrogen) atoms. The number of hydrogen-bond acceptors (Lipinski definition) is 0. The molecule has 1 spiro atoms. The van der Waals surface area contributed by atoms with Crippen molar-refractivity contribution in [3.05, 3.63) is 34.9 Å². The van der Waals surface area contributed by atoms with Crippen LogP contribution in [0.5, 0.6) is 0 Å². The van der Waals surface area contributed by atoms with E-state index in [0.717, 1.165) is 11.8 Å². The normalized spacial score (nSPS) is 32.5. The Labute approximate surface area is 124 Å². The molecule has 0 heteroatoms. The molecule has 3 aliphatic rings. The largest absolute Gasteiger partial charge is 0.0590 e. The first-order valence-corrected chi connectivity index (χ1v) is 8.88. The van der Waals surface area contributed by atoms with E-state index in [0.29, 0.717) is 5.41 Å². The highest BCUT2D eigenvalue weighted by Gasteiger charge is 2.57. The van der Waals surface area contributed by atoms with Crippen LogP contribution in [0.2, 0.25) is 0 Å². The number of rotatable bonds is 3. The predicted molar refractivity (Wildman–Crippen MR) is 85.1 cm³/mol. The third kappa shape index (κ3) is 2.12.